The second kappa shape index (κ2) is 8.60. The summed E-state index contributed by atoms with van der Waals surface area (Å²) in [4.78, 5) is 11.4. The van der Waals surface area contributed by atoms with Gasteiger partial charge >= 0.3 is 5.97 Å². The Kier molecular flexibility index (Phi) is 7.28. The van der Waals surface area contributed by atoms with E-state index in [1.54, 1.807) is 0 Å². The third kappa shape index (κ3) is 6.14. The molecule has 0 spiro atoms. The van der Waals surface area contributed by atoms with Gasteiger partial charge in [0.25, 0.3) is 0 Å². The Labute approximate surface area is 99.8 Å². The summed E-state index contributed by atoms with van der Waals surface area (Å²) in [6.07, 6.45) is 11.7. The van der Waals surface area contributed by atoms with Gasteiger partial charge in [-0.1, -0.05) is 51.9 Å². The van der Waals surface area contributed by atoms with Gasteiger partial charge in [-0.3, -0.25) is 4.79 Å². The molecule has 0 saturated heterocycles. The first-order valence-electron chi connectivity index (χ1n) is 6.98. The van der Waals surface area contributed by atoms with E-state index >= 15 is 0 Å². The van der Waals surface area contributed by atoms with Gasteiger partial charge in [0.2, 0.25) is 0 Å². The molecule has 1 aliphatic rings. The molecule has 0 N–H and O–H groups in total. The van der Waals surface area contributed by atoms with Crippen LogP contribution in [-0.2, 0) is 9.53 Å². The predicted octanol–water partition coefficient (Wildman–Crippen LogP) is 4.08. The Morgan fingerprint density at radius 1 is 1.19 bits per heavy atom. The van der Waals surface area contributed by atoms with E-state index in [0.29, 0.717) is 13.0 Å². The minimum Gasteiger partial charge on any atom is -0.466 e. The molecule has 1 rings (SSSR count). The molecule has 0 amide bonds. The van der Waals surface area contributed by atoms with Crippen LogP contribution in [0.4, 0.5) is 0 Å². The van der Waals surface area contributed by atoms with Crippen molar-refractivity contribution < 1.29 is 9.53 Å². The van der Waals surface area contributed by atoms with Crippen molar-refractivity contribution in [1.29, 1.82) is 0 Å². The summed E-state index contributed by atoms with van der Waals surface area (Å²) < 4.78 is 5.25. The minimum absolute atomic E-state index is 0.00843. The van der Waals surface area contributed by atoms with Crippen molar-refractivity contribution in [3.8, 4) is 0 Å². The van der Waals surface area contributed by atoms with Gasteiger partial charge in [-0.15, -0.1) is 0 Å². The quantitative estimate of drug-likeness (QED) is 0.460. The molecule has 0 heterocycles. The first-order chi connectivity index (χ1) is 7.83. The zero-order valence-electron chi connectivity index (χ0n) is 10.7. The smallest absolute Gasteiger partial charge is 0.305 e. The number of rotatable bonds is 8. The van der Waals surface area contributed by atoms with Crippen LogP contribution < -0.4 is 0 Å². The van der Waals surface area contributed by atoms with Crippen molar-refractivity contribution in [3.05, 3.63) is 0 Å². The highest BCUT2D eigenvalue weighted by Crippen LogP contribution is 2.27. The summed E-state index contributed by atoms with van der Waals surface area (Å²) in [6, 6.07) is 0. The van der Waals surface area contributed by atoms with E-state index in [1.807, 2.05) is 0 Å². The summed E-state index contributed by atoms with van der Waals surface area (Å²) in [5, 5.41) is 0. The number of hydrogen-bond acceptors (Lipinski definition) is 2. The largest absolute Gasteiger partial charge is 0.466 e. The van der Waals surface area contributed by atoms with Crippen molar-refractivity contribution >= 4 is 5.97 Å². The van der Waals surface area contributed by atoms with Gasteiger partial charge in [-0.05, 0) is 18.8 Å². The fourth-order valence-electron chi connectivity index (χ4n) is 2.41. The third-order valence-electron chi connectivity index (χ3n) is 3.50. The number of carbonyl (C=O) groups is 1. The Balaban J connectivity index is 1.89. The molecule has 2 heteroatoms. The van der Waals surface area contributed by atoms with E-state index in [1.165, 1.54) is 38.5 Å². The van der Waals surface area contributed by atoms with Gasteiger partial charge in [-0.2, -0.15) is 0 Å². The van der Waals surface area contributed by atoms with Crippen LogP contribution in [0.3, 0.4) is 0 Å². The fourth-order valence-corrected chi connectivity index (χ4v) is 2.41. The highest BCUT2D eigenvalue weighted by molar-refractivity contribution is 5.69. The minimum atomic E-state index is 0.00843. The van der Waals surface area contributed by atoms with Crippen LogP contribution >= 0.6 is 0 Å². The summed E-state index contributed by atoms with van der Waals surface area (Å²) in [7, 11) is 0. The molecule has 94 valence electrons. The standard InChI is InChI=1S/C14H26O2/c1-2-3-4-5-10-14(15)16-12-11-13-8-6-7-9-13/h13H,2-12H2,1H3. The SMILES string of the molecule is CCCCCCC(=O)OCCC1CCCC1. The maximum Gasteiger partial charge on any atom is 0.305 e. The molecule has 2 nitrogen and oxygen atoms in total. The second-order valence-electron chi connectivity index (χ2n) is 4.97. The maximum absolute atomic E-state index is 11.4. The second-order valence-corrected chi connectivity index (χ2v) is 4.97. The summed E-state index contributed by atoms with van der Waals surface area (Å²) in [5.74, 6) is 0.835. The Hall–Kier alpha value is -0.530. The Morgan fingerprint density at radius 3 is 2.62 bits per heavy atom. The highest BCUT2D eigenvalue weighted by Gasteiger charge is 2.15. The number of ether oxygens (including phenoxy) is 1. The van der Waals surface area contributed by atoms with Gasteiger partial charge in [0.1, 0.15) is 0 Å². The lowest BCUT2D eigenvalue weighted by Gasteiger charge is -2.09. The summed E-state index contributed by atoms with van der Waals surface area (Å²) in [6.45, 7) is 2.83. The number of esters is 1. The topological polar surface area (TPSA) is 26.3 Å². The van der Waals surface area contributed by atoms with Gasteiger partial charge < -0.3 is 4.74 Å². The van der Waals surface area contributed by atoms with Gasteiger partial charge in [0.15, 0.2) is 0 Å². The van der Waals surface area contributed by atoms with E-state index in [2.05, 4.69) is 6.92 Å². The van der Waals surface area contributed by atoms with Crippen LogP contribution in [0.15, 0.2) is 0 Å². The molecule has 0 aliphatic heterocycles. The highest BCUT2D eigenvalue weighted by atomic mass is 16.5. The molecular formula is C14H26O2. The molecule has 0 aromatic heterocycles. The normalized spacial score (nSPS) is 16.6. The molecule has 0 bridgehead atoms. The Bertz CT molecular complexity index is 183. The lowest BCUT2D eigenvalue weighted by atomic mass is 10.1. The number of unbranched alkanes of at least 4 members (excludes halogenated alkanes) is 3. The average Bonchev–Trinajstić information content (AvgIpc) is 2.77. The number of hydrogen-bond donors (Lipinski definition) is 0. The molecule has 0 radical (unpaired) electrons. The van der Waals surface area contributed by atoms with Gasteiger partial charge in [0.05, 0.1) is 6.61 Å². The predicted molar refractivity (Wildman–Crippen MR) is 66.3 cm³/mol. The maximum atomic E-state index is 11.4. The number of carbonyl (C=O) groups excluding carboxylic acids is 1. The summed E-state index contributed by atoms with van der Waals surface area (Å²) >= 11 is 0. The molecule has 1 saturated carbocycles. The van der Waals surface area contributed by atoms with E-state index in [-0.39, 0.29) is 5.97 Å². The third-order valence-corrected chi connectivity index (χ3v) is 3.50. The molecular weight excluding hydrogens is 200 g/mol. The van der Waals surface area contributed by atoms with Crippen molar-refractivity contribution in [2.24, 2.45) is 5.92 Å². The molecule has 0 aromatic carbocycles. The van der Waals surface area contributed by atoms with E-state index in [0.717, 1.165) is 25.2 Å². The molecule has 0 aromatic rings. The summed E-state index contributed by atoms with van der Waals surface area (Å²) in [5.41, 5.74) is 0. The van der Waals surface area contributed by atoms with Crippen molar-refractivity contribution in [3.63, 3.8) is 0 Å². The lowest BCUT2D eigenvalue weighted by Crippen LogP contribution is -2.08. The molecule has 1 aliphatic carbocycles. The van der Waals surface area contributed by atoms with E-state index in [4.69, 9.17) is 4.74 Å². The van der Waals surface area contributed by atoms with Crippen molar-refractivity contribution in [2.75, 3.05) is 6.61 Å². The lowest BCUT2D eigenvalue weighted by molar-refractivity contribution is -0.144. The van der Waals surface area contributed by atoms with E-state index in [9.17, 15) is 4.79 Å². The molecule has 0 unspecified atom stereocenters. The van der Waals surface area contributed by atoms with Crippen LogP contribution in [0.2, 0.25) is 0 Å². The first-order valence-corrected chi connectivity index (χ1v) is 6.98. The van der Waals surface area contributed by atoms with Crippen LogP contribution in [0.1, 0.15) is 71.1 Å². The zero-order chi connectivity index (χ0) is 11.6. The zero-order valence-corrected chi connectivity index (χ0v) is 10.7. The fraction of sp³-hybridized carbons (Fsp3) is 0.929. The van der Waals surface area contributed by atoms with Crippen LogP contribution in [0.5, 0.6) is 0 Å². The van der Waals surface area contributed by atoms with Gasteiger partial charge in [0, 0.05) is 6.42 Å². The van der Waals surface area contributed by atoms with Crippen LogP contribution in [0, 0.1) is 5.92 Å². The van der Waals surface area contributed by atoms with Crippen molar-refractivity contribution in [2.45, 2.75) is 71.1 Å². The average molecular weight is 226 g/mol. The monoisotopic (exact) mass is 226 g/mol. The Morgan fingerprint density at radius 2 is 1.94 bits per heavy atom. The van der Waals surface area contributed by atoms with Crippen LogP contribution in [0.25, 0.3) is 0 Å². The molecule has 0 atom stereocenters. The first kappa shape index (κ1) is 13.5. The van der Waals surface area contributed by atoms with Crippen LogP contribution in [-0.4, -0.2) is 12.6 Å². The molecule has 1 fully saturated rings. The molecule has 16 heavy (non-hydrogen) atoms. The van der Waals surface area contributed by atoms with Crippen molar-refractivity contribution in [1.82, 2.24) is 0 Å². The van der Waals surface area contributed by atoms with E-state index < -0.39 is 0 Å². The van der Waals surface area contributed by atoms with Gasteiger partial charge in [-0.25, -0.2) is 0 Å².